The predicted molar refractivity (Wildman–Crippen MR) is 240 cm³/mol. The van der Waals surface area contributed by atoms with Crippen LogP contribution in [0.2, 0.25) is 0 Å². The molecule has 57 heavy (non-hydrogen) atoms. The van der Waals surface area contributed by atoms with Gasteiger partial charge in [-0.1, -0.05) is 231 Å². The van der Waals surface area contributed by atoms with Crippen LogP contribution in [0.1, 0.15) is 44.5 Å². The van der Waals surface area contributed by atoms with Crippen molar-refractivity contribution in [3.05, 3.63) is 287 Å². The molecule has 270 valence electrons. The number of hydrogen-bond donors (Lipinski definition) is 1. The summed E-state index contributed by atoms with van der Waals surface area (Å²) in [5.41, 5.74) is 18.7. The number of H-pyrrole nitrogens is 1. The lowest BCUT2D eigenvalue weighted by molar-refractivity contribution is 1.39. The summed E-state index contributed by atoms with van der Waals surface area (Å²) in [5, 5.41) is 0. The molecule has 0 radical (unpaired) electrons. The van der Waals surface area contributed by atoms with E-state index in [9.17, 15) is 0 Å². The molecule has 0 unspecified atom stereocenters. The van der Waals surface area contributed by atoms with Crippen LogP contribution in [0.4, 0.5) is 0 Å². The SMILES string of the molecule is c1ccc(C(=C(c2ccccc2)c2ccc(-c3ccc(-c4ccc(C(=C(c5ccccc5)c5ccccc5)c5ccccc5)cc4)[nH]3)cc2)c2ccccc2)cc1. The van der Waals surface area contributed by atoms with Gasteiger partial charge in [0.25, 0.3) is 0 Å². The van der Waals surface area contributed by atoms with E-state index in [0.717, 1.165) is 22.5 Å². The van der Waals surface area contributed by atoms with Crippen molar-refractivity contribution in [1.82, 2.24) is 4.98 Å². The van der Waals surface area contributed by atoms with E-state index >= 15 is 0 Å². The Morgan fingerprint density at radius 2 is 0.386 bits per heavy atom. The van der Waals surface area contributed by atoms with E-state index in [1.165, 1.54) is 66.8 Å². The molecule has 8 aromatic carbocycles. The average Bonchev–Trinajstić information content (AvgIpc) is 3.80. The van der Waals surface area contributed by atoms with Crippen molar-refractivity contribution in [2.24, 2.45) is 0 Å². The Bertz CT molecular complexity index is 2470. The summed E-state index contributed by atoms with van der Waals surface area (Å²) in [6.45, 7) is 0. The molecule has 0 spiro atoms. The zero-order chi connectivity index (χ0) is 38.2. The maximum absolute atomic E-state index is 3.73. The van der Waals surface area contributed by atoms with Crippen molar-refractivity contribution in [2.75, 3.05) is 0 Å². The van der Waals surface area contributed by atoms with Crippen LogP contribution in [0.25, 0.3) is 44.8 Å². The summed E-state index contributed by atoms with van der Waals surface area (Å²) in [7, 11) is 0. The largest absolute Gasteiger partial charge is 0.355 e. The summed E-state index contributed by atoms with van der Waals surface area (Å²) < 4.78 is 0. The number of rotatable bonds is 10. The monoisotopic (exact) mass is 727 g/mol. The van der Waals surface area contributed by atoms with Crippen LogP contribution < -0.4 is 0 Å². The second-order valence-corrected chi connectivity index (χ2v) is 14.1. The highest BCUT2D eigenvalue weighted by Gasteiger charge is 2.18. The van der Waals surface area contributed by atoms with Crippen molar-refractivity contribution < 1.29 is 0 Å². The van der Waals surface area contributed by atoms with Crippen LogP contribution in [-0.2, 0) is 0 Å². The third kappa shape index (κ3) is 7.60. The Hall–Kier alpha value is -7.48. The second kappa shape index (κ2) is 16.5. The van der Waals surface area contributed by atoms with E-state index < -0.39 is 0 Å². The van der Waals surface area contributed by atoms with Gasteiger partial charge < -0.3 is 4.98 Å². The van der Waals surface area contributed by atoms with Crippen LogP contribution in [0.3, 0.4) is 0 Å². The molecule has 1 nitrogen and oxygen atoms in total. The topological polar surface area (TPSA) is 15.8 Å². The quantitative estimate of drug-likeness (QED) is 0.135. The van der Waals surface area contributed by atoms with E-state index in [4.69, 9.17) is 0 Å². The minimum Gasteiger partial charge on any atom is -0.355 e. The van der Waals surface area contributed by atoms with E-state index in [-0.39, 0.29) is 0 Å². The summed E-state index contributed by atoms with van der Waals surface area (Å²) in [6.07, 6.45) is 0. The third-order valence-electron chi connectivity index (χ3n) is 10.5. The Morgan fingerprint density at radius 1 is 0.193 bits per heavy atom. The number of aromatic amines is 1. The molecule has 1 aromatic heterocycles. The van der Waals surface area contributed by atoms with Crippen molar-refractivity contribution >= 4 is 22.3 Å². The van der Waals surface area contributed by atoms with Crippen molar-refractivity contribution in [2.45, 2.75) is 0 Å². The molecule has 0 aliphatic rings. The molecule has 0 saturated heterocycles. The van der Waals surface area contributed by atoms with Gasteiger partial charge in [0.1, 0.15) is 0 Å². The first-order valence-electron chi connectivity index (χ1n) is 19.5. The van der Waals surface area contributed by atoms with E-state index in [2.05, 4.69) is 248 Å². The number of benzene rings is 8. The van der Waals surface area contributed by atoms with E-state index in [1.807, 2.05) is 0 Å². The summed E-state index contributed by atoms with van der Waals surface area (Å²) in [4.78, 5) is 3.73. The molecule has 1 N–H and O–H groups in total. The molecule has 0 aliphatic carbocycles. The van der Waals surface area contributed by atoms with Gasteiger partial charge in [-0.25, -0.2) is 0 Å². The Kier molecular flexibility index (Phi) is 10.2. The van der Waals surface area contributed by atoms with Gasteiger partial charge in [0.15, 0.2) is 0 Å². The molecule has 9 aromatic rings. The molecule has 0 bridgehead atoms. The molecule has 1 heterocycles. The van der Waals surface area contributed by atoms with Gasteiger partial charge in [0.2, 0.25) is 0 Å². The summed E-state index contributed by atoms with van der Waals surface area (Å²) in [5.74, 6) is 0. The highest BCUT2D eigenvalue weighted by molar-refractivity contribution is 6.05. The zero-order valence-electron chi connectivity index (χ0n) is 31.6. The number of nitrogens with one attached hydrogen (secondary N) is 1. The van der Waals surface area contributed by atoms with Gasteiger partial charge in [0.05, 0.1) is 0 Å². The molecule has 0 atom stereocenters. The minimum atomic E-state index is 1.08. The lowest BCUT2D eigenvalue weighted by atomic mass is 9.85. The number of aromatic nitrogens is 1. The van der Waals surface area contributed by atoms with Crippen molar-refractivity contribution in [3.63, 3.8) is 0 Å². The van der Waals surface area contributed by atoms with Crippen LogP contribution in [0.5, 0.6) is 0 Å². The second-order valence-electron chi connectivity index (χ2n) is 14.1. The lowest BCUT2D eigenvalue weighted by Gasteiger charge is -2.18. The van der Waals surface area contributed by atoms with Crippen molar-refractivity contribution in [3.8, 4) is 22.5 Å². The summed E-state index contributed by atoms with van der Waals surface area (Å²) in [6, 6.07) is 86.7. The molecule has 0 saturated carbocycles. The van der Waals surface area contributed by atoms with E-state index in [0.29, 0.717) is 0 Å². The van der Waals surface area contributed by atoms with Crippen LogP contribution in [0.15, 0.2) is 243 Å². The molecule has 0 aliphatic heterocycles. The molecular weight excluding hydrogens is 687 g/mol. The lowest BCUT2D eigenvalue weighted by Crippen LogP contribution is -1.97. The van der Waals surface area contributed by atoms with Gasteiger partial charge in [-0.05, 0) is 90.1 Å². The fourth-order valence-corrected chi connectivity index (χ4v) is 7.82. The maximum atomic E-state index is 3.73. The van der Waals surface area contributed by atoms with Gasteiger partial charge in [-0.2, -0.15) is 0 Å². The summed E-state index contributed by atoms with van der Waals surface area (Å²) >= 11 is 0. The number of hydrogen-bond acceptors (Lipinski definition) is 0. The Morgan fingerprint density at radius 3 is 0.596 bits per heavy atom. The zero-order valence-corrected chi connectivity index (χ0v) is 31.6. The fraction of sp³-hybridized carbons (Fsp3) is 0. The third-order valence-corrected chi connectivity index (χ3v) is 10.5. The Balaban J connectivity index is 1.08. The minimum absolute atomic E-state index is 1.08. The molecular formula is C56H41N. The first-order chi connectivity index (χ1) is 28.3. The van der Waals surface area contributed by atoms with E-state index in [1.54, 1.807) is 0 Å². The first-order valence-corrected chi connectivity index (χ1v) is 19.5. The van der Waals surface area contributed by atoms with Crippen LogP contribution in [-0.4, -0.2) is 4.98 Å². The van der Waals surface area contributed by atoms with Gasteiger partial charge in [-0.15, -0.1) is 0 Å². The Labute approximate surface area is 335 Å². The normalized spacial score (nSPS) is 10.8. The fourth-order valence-electron chi connectivity index (χ4n) is 7.82. The molecule has 0 amide bonds. The highest BCUT2D eigenvalue weighted by atomic mass is 14.7. The van der Waals surface area contributed by atoms with Gasteiger partial charge >= 0.3 is 0 Å². The standard InChI is InChI=1S/C56H41N/c1-7-19-43(20-8-1)53(44-21-9-2-10-22-44)55(47-27-15-5-16-28-47)49-35-31-41(32-36-49)51-39-40-52(57-51)42-33-37-50(38-34-42)56(48-29-17-6-18-30-48)54(45-23-11-3-12-24-45)46-25-13-4-14-26-46/h1-40,57H. The van der Waals surface area contributed by atoms with Crippen molar-refractivity contribution in [1.29, 1.82) is 0 Å². The van der Waals surface area contributed by atoms with Crippen LogP contribution >= 0.6 is 0 Å². The van der Waals surface area contributed by atoms with Gasteiger partial charge in [0, 0.05) is 11.4 Å². The smallest absolute Gasteiger partial charge is 0.0458 e. The van der Waals surface area contributed by atoms with Crippen LogP contribution in [0, 0.1) is 0 Å². The highest BCUT2D eigenvalue weighted by Crippen LogP contribution is 2.39. The first kappa shape index (κ1) is 35.2. The molecule has 1 heteroatoms. The average molecular weight is 728 g/mol. The molecule has 9 rings (SSSR count). The van der Waals surface area contributed by atoms with Gasteiger partial charge in [-0.3, -0.25) is 0 Å². The molecule has 0 fully saturated rings. The maximum Gasteiger partial charge on any atom is 0.0458 e. The predicted octanol–water partition coefficient (Wildman–Crippen LogP) is 14.4.